The molecule has 2 amide bonds. The van der Waals surface area contributed by atoms with Crippen molar-refractivity contribution in [2.24, 2.45) is 0 Å². The third-order valence-electron chi connectivity index (χ3n) is 7.47. The molecule has 0 spiro atoms. The summed E-state index contributed by atoms with van der Waals surface area (Å²) >= 11 is 12.5. The van der Waals surface area contributed by atoms with E-state index < -0.39 is 35.5 Å². The maximum atomic E-state index is 14.4. The largest absolute Gasteiger partial charge is 0.461 e. The molecule has 236 valence electrons. The molecule has 1 atom stereocenters. The second kappa shape index (κ2) is 14.0. The van der Waals surface area contributed by atoms with Crippen molar-refractivity contribution in [1.29, 1.82) is 0 Å². The summed E-state index contributed by atoms with van der Waals surface area (Å²) < 4.78 is 12.3. The summed E-state index contributed by atoms with van der Waals surface area (Å²) in [5.41, 5.74) is 0.00531. The summed E-state index contributed by atoms with van der Waals surface area (Å²) in [6.45, 7) is 8.17. The predicted molar refractivity (Wildman–Crippen MR) is 170 cm³/mol. The van der Waals surface area contributed by atoms with E-state index >= 15 is 0 Å². The van der Waals surface area contributed by atoms with Gasteiger partial charge >= 0.3 is 12.1 Å². The highest BCUT2D eigenvalue weighted by Crippen LogP contribution is 2.38. The number of halogens is 2. The molecule has 1 N–H and O–H groups in total. The van der Waals surface area contributed by atoms with Crippen molar-refractivity contribution in [3.8, 4) is 0 Å². The van der Waals surface area contributed by atoms with Gasteiger partial charge in [0.2, 0.25) is 11.8 Å². The van der Waals surface area contributed by atoms with Crippen LogP contribution in [0, 0.1) is 0 Å². The lowest BCUT2D eigenvalue weighted by molar-refractivity contribution is -0.140. The van der Waals surface area contributed by atoms with Gasteiger partial charge in [0, 0.05) is 40.5 Å². The summed E-state index contributed by atoms with van der Waals surface area (Å²) in [6, 6.07) is 10.3. The van der Waals surface area contributed by atoms with Crippen LogP contribution < -0.4 is 5.32 Å². The van der Waals surface area contributed by atoms with Crippen molar-refractivity contribution < 1.29 is 28.7 Å². The molecular formula is C33H39Cl2N3O6. The Morgan fingerprint density at radius 3 is 2.23 bits per heavy atom. The normalized spacial score (nSPS) is 14.6. The van der Waals surface area contributed by atoms with Crippen LogP contribution in [-0.2, 0) is 25.6 Å². The number of carbonyl (C=O) groups is 4. The molecule has 0 aliphatic heterocycles. The van der Waals surface area contributed by atoms with Gasteiger partial charge in [-0.15, -0.1) is 0 Å². The maximum Gasteiger partial charge on any atom is 0.419 e. The standard InChI is InChI=1S/C33H39Cl2N3O6/c1-6-43-31(41)29-27(25-17-16-23(35)18-26(25)38(29)32(42)44-33(3,4)5)28(30(40)36-24-10-8-7-9-11-24)37(20(2)39)19-21-12-14-22(34)15-13-21/h12-18,24,28H,6-11,19H2,1-5H3,(H,36,40). The number of carbonyl (C=O) groups excluding carboxylic acids is 4. The molecule has 1 aliphatic rings. The van der Waals surface area contributed by atoms with Crippen LogP contribution >= 0.6 is 23.2 Å². The lowest BCUT2D eigenvalue weighted by atomic mass is 9.94. The number of hydrogen-bond acceptors (Lipinski definition) is 6. The van der Waals surface area contributed by atoms with Crippen LogP contribution in [0.3, 0.4) is 0 Å². The minimum Gasteiger partial charge on any atom is -0.461 e. The monoisotopic (exact) mass is 643 g/mol. The third kappa shape index (κ3) is 7.74. The van der Waals surface area contributed by atoms with Crippen LogP contribution in [0.4, 0.5) is 4.79 Å². The first-order chi connectivity index (χ1) is 20.8. The minimum absolute atomic E-state index is 0.00894. The van der Waals surface area contributed by atoms with E-state index in [1.165, 1.54) is 17.9 Å². The highest BCUT2D eigenvalue weighted by Gasteiger charge is 2.40. The van der Waals surface area contributed by atoms with Crippen molar-refractivity contribution in [1.82, 2.24) is 14.8 Å². The van der Waals surface area contributed by atoms with Gasteiger partial charge in [-0.1, -0.05) is 60.7 Å². The summed E-state index contributed by atoms with van der Waals surface area (Å²) in [5, 5.41) is 4.35. The summed E-state index contributed by atoms with van der Waals surface area (Å²) in [4.78, 5) is 56.8. The van der Waals surface area contributed by atoms with Gasteiger partial charge < -0.3 is 19.7 Å². The lowest BCUT2D eigenvalue weighted by Gasteiger charge is -2.33. The number of esters is 1. The number of fused-ring (bicyclic) bond motifs is 1. The molecule has 0 radical (unpaired) electrons. The predicted octanol–water partition coefficient (Wildman–Crippen LogP) is 7.45. The highest BCUT2D eigenvalue weighted by molar-refractivity contribution is 6.31. The van der Waals surface area contributed by atoms with Gasteiger partial charge in [0.05, 0.1) is 12.1 Å². The molecule has 0 bridgehead atoms. The van der Waals surface area contributed by atoms with Gasteiger partial charge in [0.15, 0.2) is 0 Å². The molecule has 3 aromatic rings. The fourth-order valence-electron chi connectivity index (χ4n) is 5.59. The van der Waals surface area contributed by atoms with Crippen LogP contribution in [-0.4, -0.2) is 51.6 Å². The van der Waals surface area contributed by atoms with Crippen LogP contribution in [0.5, 0.6) is 0 Å². The van der Waals surface area contributed by atoms with E-state index in [2.05, 4.69) is 5.32 Å². The zero-order chi connectivity index (χ0) is 32.2. The Hall–Kier alpha value is -3.56. The van der Waals surface area contributed by atoms with E-state index in [9.17, 15) is 19.2 Å². The van der Waals surface area contributed by atoms with E-state index in [4.69, 9.17) is 32.7 Å². The van der Waals surface area contributed by atoms with Gasteiger partial charge in [0.1, 0.15) is 17.3 Å². The first-order valence-corrected chi connectivity index (χ1v) is 15.6. The Morgan fingerprint density at radius 2 is 1.64 bits per heavy atom. The van der Waals surface area contributed by atoms with E-state index in [1.807, 2.05) is 0 Å². The van der Waals surface area contributed by atoms with Crippen LogP contribution in [0.1, 0.15) is 94.4 Å². The van der Waals surface area contributed by atoms with E-state index in [1.54, 1.807) is 64.1 Å². The van der Waals surface area contributed by atoms with Gasteiger partial charge in [-0.2, -0.15) is 0 Å². The smallest absolute Gasteiger partial charge is 0.419 e. The third-order valence-corrected chi connectivity index (χ3v) is 7.96. The molecule has 4 rings (SSSR count). The summed E-state index contributed by atoms with van der Waals surface area (Å²) in [5.74, 6) is -1.72. The Kier molecular flexibility index (Phi) is 10.6. The van der Waals surface area contributed by atoms with Gasteiger partial charge in [-0.3, -0.25) is 9.59 Å². The second-order valence-electron chi connectivity index (χ2n) is 12.0. The van der Waals surface area contributed by atoms with E-state index in [0.717, 1.165) is 42.2 Å². The molecule has 2 aromatic carbocycles. The van der Waals surface area contributed by atoms with E-state index in [0.29, 0.717) is 15.4 Å². The quantitative estimate of drug-likeness (QED) is 0.256. The SMILES string of the molecule is CCOC(=O)c1c(C(C(=O)NC2CCCCC2)N(Cc2ccc(Cl)cc2)C(C)=O)c2ccc(Cl)cc2n1C(=O)OC(C)(C)C. The maximum absolute atomic E-state index is 14.4. The number of rotatable bonds is 8. The molecule has 1 heterocycles. The van der Waals surface area contributed by atoms with Crippen LogP contribution in [0.15, 0.2) is 42.5 Å². The summed E-state index contributed by atoms with van der Waals surface area (Å²) in [6.07, 6.45) is 3.79. The van der Waals surface area contributed by atoms with Crippen molar-refractivity contribution >= 4 is 58.0 Å². The first-order valence-electron chi connectivity index (χ1n) is 14.9. The molecule has 1 aliphatic carbocycles. The number of hydrogen-bond donors (Lipinski definition) is 1. The van der Waals surface area contributed by atoms with Gasteiger partial charge in [-0.25, -0.2) is 14.2 Å². The molecular weight excluding hydrogens is 605 g/mol. The van der Waals surface area contributed by atoms with Gasteiger partial charge in [0.25, 0.3) is 0 Å². The Morgan fingerprint density at radius 1 is 1.00 bits per heavy atom. The molecule has 1 aromatic heterocycles. The zero-order valence-electron chi connectivity index (χ0n) is 25.7. The Labute approximate surface area is 267 Å². The molecule has 44 heavy (non-hydrogen) atoms. The fourth-order valence-corrected chi connectivity index (χ4v) is 5.88. The number of aromatic nitrogens is 1. The number of amides is 2. The highest BCUT2D eigenvalue weighted by atomic mass is 35.5. The van der Waals surface area contributed by atoms with Gasteiger partial charge in [-0.05, 0) is 70.4 Å². The number of ether oxygens (including phenoxy) is 2. The Bertz CT molecular complexity index is 1540. The fraction of sp³-hybridized carbons (Fsp3) is 0.455. The number of nitrogens with one attached hydrogen (secondary N) is 1. The number of benzene rings is 2. The molecule has 1 unspecified atom stereocenters. The van der Waals surface area contributed by atoms with Crippen molar-refractivity contribution in [2.45, 2.75) is 91.0 Å². The Balaban J connectivity index is 2.01. The van der Waals surface area contributed by atoms with Crippen molar-refractivity contribution in [3.05, 3.63) is 69.3 Å². The molecule has 1 saturated carbocycles. The second-order valence-corrected chi connectivity index (χ2v) is 12.9. The molecule has 9 nitrogen and oxygen atoms in total. The number of nitrogens with zero attached hydrogens (tertiary/aromatic N) is 2. The van der Waals surface area contributed by atoms with E-state index in [-0.39, 0.29) is 36.0 Å². The minimum atomic E-state index is -1.31. The summed E-state index contributed by atoms with van der Waals surface area (Å²) in [7, 11) is 0. The van der Waals surface area contributed by atoms with Crippen molar-refractivity contribution in [3.63, 3.8) is 0 Å². The zero-order valence-corrected chi connectivity index (χ0v) is 27.3. The van der Waals surface area contributed by atoms with Crippen LogP contribution in [0.25, 0.3) is 10.9 Å². The van der Waals surface area contributed by atoms with Crippen molar-refractivity contribution in [2.75, 3.05) is 6.61 Å². The molecule has 0 saturated heterocycles. The average Bonchev–Trinajstić information content (AvgIpc) is 3.27. The molecule has 11 heteroatoms. The lowest BCUT2D eigenvalue weighted by Crippen LogP contribution is -2.46. The topological polar surface area (TPSA) is 107 Å². The average molecular weight is 645 g/mol. The molecule has 1 fully saturated rings. The van der Waals surface area contributed by atoms with Crippen LogP contribution in [0.2, 0.25) is 10.0 Å². The first kappa shape index (κ1) is 33.3.